The fourth-order valence-corrected chi connectivity index (χ4v) is 3.98. The minimum absolute atomic E-state index is 0.0726. The highest BCUT2D eigenvalue weighted by Gasteiger charge is 2.33. The summed E-state index contributed by atoms with van der Waals surface area (Å²) in [6.07, 6.45) is -2.37. The number of piperidine rings is 1. The standard InChI is InChI=1S/C17H19F3N4O3S/c1-21-9-14(25)24(15(26)12-4-2-3-7-22-12)16-23-11-6-5-10(8-13(11)28-16)27-17(18,19)20/h5-6,8,12,21-22H,2-4,7,9H2,1H3/t12-/m1/s1. The van der Waals surface area contributed by atoms with E-state index in [0.717, 1.165) is 35.1 Å². The monoisotopic (exact) mass is 416 g/mol. The highest BCUT2D eigenvalue weighted by Crippen LogP contribution is 2.33. The van der Waals surface area contributed by atoms with Gasteiger partial charge in [-0.2, -0.15) is 0 Å². The quantitative estimate of drug-likeness (QED) is 0.779. The molecule has 7 nitrogen and oxygen atoms in total. The number of fused-ring (bicyclic) bond motifs is 1. The molecule has 1 atom stereocenters. The van der Waals surface area contributed by atoms with Gasteiger partial charge in [0.25, 0.3) is 5.91 Å². The van der Waals surface area contributed by atoms with Gasteiger partial charge in [0, 0.05) is 6.07 Å². The van der Waals surface area contributed by atoms with Crippen molar-refractivity contribution in [3.63, 3.8) is 0 Å². The van der Waals surface area contributed by atoms with E-state index in [4.69, 9.17) is 0 Å². The fourth-order valence-electron chi connectivity index (χ4n) is 2.96. The number of carbonyl (C=O) groups is 2. The van der Waals surface area contributed by atoms with E-state index in [9.17, 15) is 22.8 Å². The Balaban J connectivity index is 1.93. The maximum atomic E-state index is 13.0. The number of rotatable bonds is 5. The summed E-state index contributed by atoms with van der Waals surface area (Å²) < 4.78 is 41.6. The first kappa shape index (κ1) is 20.5. The maximum absolute atomic E-state index is 13.0. The number of hydrogen-bond acceptors (Lipinski definition) is 7. The summed E-state index contributed by atoms with van der Waals surface area (Å²) in [5, 5.41) is 5.94. The largest absolute Gasteiger partial charge is 0.573 e. The number of hydrogen-bond donors (Lipinski definition) is 2. The molecule has 2 aromatic rings. The zero-order chi connectivity index (χ0) is 20.3. The molecule has 0 unspecified atom stereocenters. The lowest BCUT2D eigenvalue weighted by Gasteiger charge is -2.27. The number of nitrogens with zero attached hydrogens (tertiary/aromatic N) is 2. The summed E-state index contributed by atoms with van der Waals surface area (Å²) in [5.74, 6) is -1.28. The van der Waals surface area contributed by atoms with Crippen molar-refractivity contribution in [1.82, 2.24) is 15.6 Å². The smallest absolute Gasteiger partial charge is 0.406 e. The van der Waals surface area contributed by atoms with Crippen LogP contribution in [0.3, 0.4) is 0 Å². The van der Waals surface area contributed by atoms with Crippen molar-refractivity contribution in [3.05, 3.63) is 18.2 Å². The molecule has 1 aliphatic rings. The molecule has 11 heteroatoms. The van der Waals surface area contributed by atoms with Gasteiger partial charge in [-0.3, -0.25) is 9.59 Å². The van der Waals surface area contributed by atoms with Gasteiger partial charge >= 0.3 is 6.36 Å². The summed E-state index contributed by atoms with van der Waals surface area (Å²) >= 11 is 0.962. The van der Waals surface area contributed by atoms with Crippen LogP contribution in [0.5, 0.6) is 5.75 Å². The van der Waals surface area contributed by atoms with Gasteiger partial charge in [-0.25, -0.2) is 9.88 Å². The maximum Gasteiger partial charge on any atom is 0.573 e. The van der Waals surface area contributed by atoms with Gasteiger partial charge in [0.1, 0.15) is 5.75 Å². The van der Waals surface area contributed by atoms with E-state index < -0.39 is 24.2 Å². The third-order valence-corrected chi connectivity index (χ3v) is 5.18. The topological polar surface area (TPSA) is 83.6 Å². The molecule has 1 fully saturated rings. The number of amides is 2. The van der Waals surface area contributed by atoms with E-state index in [1.54, 1.807) is 7.05 Å². The second-order valence-corrected chi connectivity index (χ2v) is 7.28. The van der Waals surface area contributed by atoms with Crippen LogP contribution in [0.4, 0.5) is 18.3 Å². The van der Waals surface area contributed by atoms with Crippen molar-refractivity contribution in [2.24, 2.45) is 0 Å². The Morgan fingerprint density at radius 2 is 2.18 bits per heavy atom. The Morgan fingerprint density at radius 1 is 1.39 bits per heavy atom. The SMILES string of the molecule is CNCC(=O)N(C(=O)[C@H]1CCCCN1)c1nc2ccc(OC(F)(F)F)cc2s1. The average molecular weight is 416 g/mol. The van der Waals surface area contributed by atoms with E-state index in [2.05, 4.69) is 20.4 Å². The predicted molar refractivity (Wildman–Crippen MR) is 98.4 cm³/mol. The van der Waals surface area contributed by atoms with Crippen LogP contribution in [-0.2, 0) is 9.59 Å². The van der Waals surface area contributed by atoms with Crippen LogP contribution in [0.25, 0.3) is 10.2 Å². The molecule has 0 saturated carbocycles. The van der Waals surface area contributed by atoms with E-state index in [1.807, 2.05) is 0 Å². The minimum atomic E-state index is -4.81. The van der Waals surface area contributed by atoms with Crippen LogP contribution >= 0.6 is 11.3 Å². The van der Waals surface area contributed by atoms with E-state index in [-0.39, 0.29) is 17.4 Å². The van der Waals surface area contributed by atoms with Crippen LogP contribution in [0, 0.1) is 0 Å². The first-order valence-electron chi connectivity index (χ1n) is 8.69. The zero-order valence-corrected chi connectivity index (χ0v) is 15.8. The molecule has 3 rings (SSSR count). The second kappa shape index (κ2) is 8.41. The van der Waals surface area contributed by atoms with E-state index >= 15 is 0 Å². The van der Waals surface area contributed by atoms with Gasteiger partial charge in [0.05, 0.1) is 22.8 Å². The Hall–Kier alpha value is -2.24. The van der Waals surface area contributed by atoms with Gasteiger partial charge in [-0.15, -0.1) is 13.2 Å². The zero-order valence-electron chi connectivity index (χ0n) is 15.0. The van der Waals surface area contributed by atoms with Crippen LogP contribution in [-0.4, -0.2) is 49.3 Å². The molecule has 0 bridgehead atoms. The molecule has 1 aromatic carbocycles. The Labute approximate surface area is 162 Å². The van der Waals surface area contributed by atoms with E-state index in [0.29, 0.717) is 23.2 Å². The van der Waals surface area contributed by atoms with Gasteiger partial charge in [-0.1, -0.05) is 17.8 Å². The summed E-state index contributed by atoms with van der Waals surface area (Å²) in [4.78, 5) is 30.8. The number of likely N-dealkylation sites (N-methyl/N-ethyl adjacent to an activating group) is 1. The summed E-state index contributed by atoms with van der Waals surface area (Å²) in [6.45, 7) is 0.610. The van der Waals surface area contributed by atoms with Gasteiger partial charge in [-0.05, 0) is 38.6 Å². The average Bonchev–Trinajstić information content (AvgIpc) is 3.04. The van der Waals surface area contributed by atoms with Crippen molar-refractivity contribution in [3.8, 4) is 5.75 Å². The summed E-state index contributed by atoms with van der Waals surface area (Å²) in [7, 11) is 1.58. The number of benzene rings is 1. The number of aromatic nitrogens is 1. The number of anilines is 1. The molecular formula is C17H19F3N4O3S. The van der Waals surface area contributed by atoms with Crippen LogP contribution in [0.2, 0.25) is 0 Å². The molecule has 1 aliphatic heterocycles. The lowest BCUT2D eigenvalue weighted by molar-refractivity contribution is -0.274. The fraction of sp³-hybridized carbons (Fsp3) is 0.471. The number of thiazole rings is 1. The third-order valence-electron chi connectivity index (χ3n) is 4.18. The molecule has 1 saturated heterocycles. The minimum Gasteiger partial charge on any atom is -0.406 e. The number of ether oxygens (including phenoxy) is 1. The Bertz CT molecular complexity index is 865. The van der Waals surface area contributed by atoms with Crippen LogP contribution in [0.1, 0.15) is 19.3 Å². The normalized spacial score (nSPS) is 17.5. The number of nitrogens with one attached hydrogen (secondary N) is 2. The highest BCUT2D eigenvalue weighted by atomic mass is 32.1. The Kier molecular flexibility index (Phi) is 6.16. The van der Waals surface area contributed by atoms with Gasteiger partial charge < -0.3 is 15.4 Å². The first-order valence-corrected chi connectivity index (χ1v) is 9.51. The summed E-state index contributed by atoms with van der Waals surface area (Å²) in [5.41, 5.74) is 0.376. The molecule has 0 spiro atoms. The van der Waals surface area contributed by atoms with Gasteiger partial charge in [0.15, 0.2) is 5.13 Å². The number of halogens is 3. The van der Waals surface area contributed by atoms with Crippen molar-refractivity contribution < 1.29 is 27.5 Å². The molecule has 2 heterocycles. The predicted octanol–water partition coefficient (Wildman–Crippen LogP) is 2.42. The Morgan fingerprint density at radius 3 is 2.82 bits per heavy atom. The van der Waals surface area contributed by atoms with Crippen molar-refractivity contribution in [1.29, 1.82) is 0 Å². The molecule has 2 N–H and O–H groups in total. The third kappa shape index (κ3) is 4.78. The van der Waals surface area contributed by atoms with Crippen molar-refractivity contribution in [2.45, 2.75) is 31.7 Å². The molecule has 0 radical (unpaired) electrons. The molecule has 1 aromatic heterocycles. The molecule has 0 aliphatic carbocycles. The van der Waals surface area contributed by atoms with Crippen LogP contribution < -0.4 is 20.3 Å². The lowest BCUT2D eigenvalue weighted by Crippen LogP contribution is -2.52. The molecular weight excluding hydrogens is 397 g/mol. The molecule has 152 valence electrons. The number of alkyl halides is 3. The second-order valence-electron chi connectivity index (χ2n) is 6.27. The van der Waals surface area contributed by atoms with Crippen LogP contribution in [0.15, 0.2) is 18.2 Å². The summed E-state index contributed by atoms with van der Waals surface area (Å²) in [6, 6.07) is 3.20. The molecule has 28 heavy (non-hydrogen) atoms. The van der Waals surface area contributed by atoms with Gasteiger partial charge in [0.2, 0.25) is 5.91 Å². The van der Waals surface area contributed by atoms with Crippen molar-refractivity contribution >= 4 is 38.5 Å². The highest BCUT2D eigenvalue weighted by molar-refractivity contribution is 7.22. The number of carbonyl (C=O) groups excluding carboxylic acids is 2. The molecule has 2 amide bonds. The number of imide groups is 1. The lowest BCUT2D eigenvalue weighted by atomic mass is 10.0. The van der Waals surface area contributed by atoms with Crippen molar-refractivity contribution in [2.75, 3.05) is 25.0 Å². The first-order chi connectivity index (χ1) is 13.3. The van der Waals surface area contributed by atoms with E-state index in [1.165, 1.54) is 12.1 Å².